The fourth-order valence-corrected chi connectivity index (χ4v) is 2.46. The molecule has 1 aliphatic rings. The Morgan fingerprint density at radius 1 is 1.37 bits per heavy atom. The van der Waals surface area contributed by atoms with Crippen molar-refractivity contribution in [3.8, 4) is 0 Å². The first-order valence-corrected chi connectivity index (χ1v) is 7.04. The highest BCUT2D eigenvalue weighted by molar-refractivity contribution is 4.82. The number of nitrogens with zero attached hydrogens (tertiary/aromatic N) is 1. The maximum atomic E-state index is 11.9. The third-order valence-electron chi connectivity index (χ3n) is 3.49. The molecular formula is C13H25F3N2O. The Balaban J connectivity index is 2.15. The Bertz CT molecular complexity index is 249. The molecule has 0 aromatic heterocycles. The number of ether oxygens (including phenoxy) is 1. The van der Waals surface area contributed by atoms with E-state index in [2.05, 4.69) is 28.8 Å². The molecule has 0 spiro atoms. The van der Waals surface area contributed by atoms with Gasteiger partial charge in [-0.2, -0.15) is 13.2 Å². The molecule has 6 heteroatoms. The lowest BCUT2D eigenvalue weighted by molar-refractivity contribution is -0.175. The molecule has 19 heavy (non-hydrogen) atoms. The zero-order chi connectivity index (χ0) is 14.3. The van der Waals surface area contributed by atoms with Gasteiger partial charge in [-0.1, -0.05) is 6.92 Å². The fourth-order valence-electron chi connectivity index (χ4n) is 2.46. The number of nitrogens with one attached hydrogen (secondary N) is 1. The number of hydrogen-bond donors (Lipinski definition) is 1. The summed E-state index contributed by atoms with van der Waals surface area (Å²) in [7, 11) is 0. The molecule has 0 aromatic rings. The summed E-state index contributed by atoms with van der Waals surface area (Å²) in [5, 5.41) is 3.50. The van der Waals surface area contributed by atoms with Crippen LogP contribution in [0.2, 0.25) is 0 Å². The third kappa shape index (κ3) is 7.13. The highest BCUT2D eigenvalue weighted by Gasteiger charge is 2.28. The molecule has 3 nitrogen and oxygen atoms in total. The molecular weight excluding hydrogens is 257 g/mol. The summed E-state index contributed by atoms with van der Waals surface area (Å²) in [6.45, 7) is 5.82. The van der Waals surface area contributed by atoms with Crippen molar-refractivity contribution in [3.63, 3.8) is 0 Å². The molecule has 1 aliphatic heterocycles. The monoisotopic (exact) mass is 282 g/mol. The number of alkyl halides is 3. The van der Waals surface area contributed by atoms with Crippen molar-refractivity contribution in [1.29, 1.82) is 0 Å². The van der Waals surface area contributed by atoms with E-state index >= 15 is 0 Å². The quantitative estimate of drug-likeness (QED) is 0.726. The molecule has 0 radical (unpaired) electrons. The van der Waals surface area contributed by atoms with Crippen LogP contribution in [0.25, 0.3) is 0 Å². The van der Waals surface area contributed by atoms with E-state index in [1.807, 2.05) is 0 Å². The summed E-state index contributed by atoms with van der Waals surface area (Å²) in [5.74, 6) is 0. The van der Waals surface area contributed by atoms with E-state index < -0.39 is 12.8 Å². The van der Waals surface area contributed by atoms with Crippen molar-refractivity contribution in [1.82, 2.24) is 10.2 Å². The van der Waals surface area contributed by atoms with Gasteiger partial charge in [0.2, 0.25) is 0 Å². The van der Waals surface area contributed by atoms with Gasteiger partial charge < -0.3 is 10.1 Å². The van der Waals surface area contributed by atoms with E-state index in [1.54, 1.807) is 0 Å². The summed E-state index contributed by atoms with van der Waals surface area (Å²) in [5.41, 5.74) is 0. The highest BCUT2D eigenvalue weighted by Crippen LogP contribution is 2.18. The second-order valence-electron chi connectivity index (χ2n) is 5.23. The molecule has 2 unspecified atom stereocenters. The van der Waals surface area contributed by atoms with Crippen LogP contribution in [-0.2, 0) is 4.74 Å². The summed E-state index contributed by atoms with van der Waals surface area (Å²) >= 11 is 0. The summed E-state index contributed by atoms with van der Waals surface area (Å²) in [6, 6.07) is 0.944. The maximum Gasteiger partial charge on any atom is 0.411 e. The third-order valence-corrected chi connectivity index (χ3v) is 3.49. The van der Waals surface area contributed by atoms with Crippen molar-refractivity contribution in [3.05, 3.63) is 0 Å². The Labute approximate surface area is 113 Å². The Morgan fingerprint density at radius 2 is 2.11 bits per heavy atom. The largest absolute Gasteiger partial charge is 0.411 e. The number of rotatable bonds is 7. The molecule has 1 fully saturated rings. The van der Waals surface area contributed by atoms with Gasteiger partial charge >= 0.3 is 6.18 Å². The summed E-state index contributed by atoms with van der Waals surface area (Å²) in [6.07, 6.45) is -0.981. The number of piperidine rings is 1. The molecule has 1 heterocycles. The van der Waals surface area contributed by atoms with Crippen molar-refractivity contribution < 1.29 is 17.9 Å². The van der Waals surface area contributed by atoms with E-state index in [4.69, 9.17) is 0 Å². The lowest BCUT2D eigenvalue weighted by Gasteiger charge is -2.38. The normalized spacial score (nSPS) is 25.7. The van der Waals surface area contributed by atoms with Crippen molar-refractivity contribution in [2.45, 2.75) is 51.4 Å². The van der Waals surface area contributed by atoms with Gasteiger partial charge in [0.1, 0.15) is 6.61 Å². The van der Waals surface area contributed by atoms with Gasteiger partial charge in [-0.15, -0.1) is 0 Å². The molecule has 114 valence electrons. The average molecular weight is 282 g/mol. The molecule has 1 N–H and O–H groups in total. The van der Waals surface area contributed by atoms with Gasteiger partial charge in [0.15, 0.2) is 0 Å². The van der Waals surface area contributed by atoms with Gasteiger partial charge in [0.25, 0.3) is 0 Å². The highest BCUT2D eigenvalue weighted by atomic mass is 19.4. The predicted molar refractivity (Wildman–Crippen MR) is 69.2 cm³/mol. The SMILES string of the molecule is CCCNC1CCN(CCOCC(F)(F)F)C(C)C1. The molecule has 2 atom stereocenters. The minimum atomic E-state index is -4.22. The van der Waals surface area contributed by atoms with Crippen LogP contribution < -0.4 is 5.32 Å². The average Bonchev–Trinajstić information content (AvgIpc) is 2.32. The van der Waals surface area contributed by atoms with Crippen LogP contribution in [0.5, 0.6) is 0 Å². The van der Waals surface area contributed by atoms with E-state index in [-0.39, 0.29) is 6.61 Å². The van der Waals surface area contributed by atoms with Gasteiger partial charge in [0, 0.05) is 18.6 Å². The predicted octanol–water partition coefficient (Wildman–Crippen LogP) is 2.42. The lowest BCUT2D eigenvalue weighted by Crippen LogP contribution is -2.48. The van der Waals surface area contributed by atoms with E-state index in [1.165, 1.54) is 0 Å². The van der Waals surface area contributed by atoms with Crippen LogP contribution in [0.15, 0.2) is 0 Å². The zero-order valence-electron chi connectivity index (χ0n) is 11.8. The molecule has 0 aliphatic carbocycles. The Hall–Kier alpha value is -0.330. The molecule has 0 saturated carbocycles. The topological polar surface area (TPSA) is 24.5 Å². The molecule has 0 amide bonds. The standard InChI is InChI=1S/C13H25F3N2O/c1-3-5-17-12-4-6-18(11(2)9-12)7-8-19-10-13(14,15)16/h11-12,17H,3-10H2,1-2H3. The zero-order valence-corrected chi connectivity index (χ0v) is 11.8. The van der Waals surface area contributed by atoms with E-state index in [0.717, 1.165) is 32.4 Å². The summed E-state index contributed by atoms with van der Waals surface area (Å²) < 4.78 is 40.4. The van der Waals surface area contributed by atoms with E-state index in [0.29, 0.717) is 18.6 Å². The Kier molecular flexibility index (Phi) is 7.10. The van der Waals surface area contributed by atoms with Crippen molar-refractivity contribution in [2.24, 2.45) is 0 Å². The minimum Gasteiger partial charge on any atom is -0.371 e. The number of likely N-dealkylation sites (tertiary alicyclic amines) is 1. The van der Waals surface area contributed by atoms with Gasteiger partial charge in [-0.25, -0.2) is 0 Å². The van der Waals surface area contributed by atoms with Gasteiger partial charge in [0.05, 0.1) is 6.61 Å². The minimum absolute atomic E-state index is 0.150. The van der Waals surface area contributed by atoms with Crippen molar-refractivity contribution >= 4 is 0 Å². The van der Waals surface area contributed by atoms with Crippen molar-refractivity contribution in [2.75, 3.05) is 32.8 Å². The van der Waals surface area contributed by atoms with Gasteiger partial charge in [-0.3, -0.25) is 4.90 Å². The second-order valence-corrected chi connectivity index (χ2v) is 5.23. The van der Waals surface area contributed by atoms with Crippen LogP contribution in [0.3, 0.4) is 0 Å². The second kappa shape index (κ2) is 8.07. The first kappa shape index (κ1) is 16.7. The fraction of sp³-hybridized carbons (Fsp3) is 1.00. The van der Waals surface area contributed by atoms with E-state index in [9.17, 15) is 13.2 Å². The smallest absolute Gasteiger partial charge is 0.371 e. The first-order chi connectivity index (χ1) is 8.92. The lowest BCUT2D eigenvalue weighted by atomic mass is 9.98. The first-order valence-electron chi connectivity index (χ1n) is 7.04. The molecule has 0 bridgehead atoms. The van der Waals surface area contributed by atoms with Gasteiger partial charge in [-0.05, 0) is 39.3 Å². The molecule has 1 saturated heterocycles. The number of halogens is 3. The van der Waals surface area contributed by atoms with Crippen LogP contribution in [0.1, 0.15) is 33.1 Å². The summed E-state index contributed by atoms with van der Waals surface area (Å²) in [4.78, 5) is 2.21. The Morgan fingerprint density at radius 3 is 2.68 bits per heavy atom. The van der Waals surface area contributed by atoms with Crippen LogP contribution >= 0.6 is 0 Å². The molecule has 1 rings (SSSR count). The van der Waals surface area contributed by atoms with Crippen LogP contribution in [0.4, 0.5) is 13.2 Å². The van der Waals surface area contributed by atoms with Crippen LogP contribution in [-0.4, -0.2) is 56.0 Å². The number of hydrogen-bond acceptors (Lipinski definition) is 3. The van der Waals surface area contributed by atoms with Crippen LogP contribution in [0, 0.1) is 0 Å². The maximum absolute atomic E-state index is 11.9. The molecule has 0 aromatic carbocycles.